The summed E-state index contributed by atoms with van der Waals surface area (Å²) >= 11 is 0. The lowest BCUT2D eigenvalue weighted by Gasteiger charge is -1.96. The molecule has 0 rings (SSSR count). The van der Waals surface area contributed by atoms with Crippen molar-refractivity contribution in [3.05, 3.63) is 11.3 Å². The molecule has 0 spiro atoms. The van der Waals surface area contributed by atoms with Crippen molar-refractivity contribution in [1.82, 2.24) is 0 Å². The molecule has 0 aliphatic carbocycles. The molecule has 0 aliphatic heterocycles. The fourth-order valence-electron chi connectivity index (χ4n) is 0.857. The van der Waals surface area contributed by atoms with Gasteiger partial charge in [-0.3, -0.25) is 4.99 Å². The zero-order valence-corrected chi connectivity index (χ0v) is 7.73. The average Bonchev–Trinajstić information content (AvgIpc) is 2.00. The predicted octanol–water partition coefficient (Wildman–Crippen LogP) is 2.78. The highest BCUT2D eigenvalue weighted by Crippen LogP contribution is 2.07. The standard InChI is InChI=1S/C10H15N/c1-5-8-10(6-2)9(4)11-7-3/h7H,6H2,1-4H3/b10-9-,11-7?. The lowest BCUT2D eigenvalue weighted by molar-refractivity contribution is 1.10. The molecule has 1 nitrogen and oxygen atoms in total. The molecular weight excluding hydrogens is 134 g/mol. The van der Waals surface area contributed by atoms with Gasteiger partial charge in [-0.2, -0.15) is 0 Å². The Kier molecular flexibility index (Phi) is 5.20. The smallest absolute Gasteiger partial charge is 0.0483 e. The predicted molar refractivity (Wildman–Crippen MR) is 50.6 cm³/mol. The van der Waals surface area contributed by atoms with Crippen LogP contribution in [0.5, 0.6) is 0 Å². The van der Waals surface area contributed by atoms with Crippen LogP contribution in [0.2, 0.25) is 0 Å². The third-order valence-corrected chi connectivity index (χ3v) is 1.39. The van der Waals surface area contributed by atoms with Crippen LogP contribution >= 0.6 is 0 Å². The molecule has 60 valence electrons. The Hall–Kier alpha value is -1.03. The second kappa shape index (κ2) is 5.73. The van der Waals surface area contributed by atoms with E-state index in [2.05, 4.69) is 23.8 Å². The number of hydrogen-bond acceptors (Lipinski definition) is 1. The van der Waals surface area contributed by atoms with Crippen molar-refractivity contribution in [2.24, 2.45) is 4.99 Å². The van der Waals surface area contributed by atoms with E-state index in [1.807, 2.05) is 20.8 Å². The van der Waals surface area contributed by atoms with E-state index in [9.17, 15) is 0 Å². The van der Waals surface area contributed by atoms with Gasteiger partial charge in [-0.05, 0) is 27.2 Å². The van der Waals surface area contributed by atoms with Gasteiger partial charge in [0, 0.05) is 17.5 Å². The van der Waals surface area contributed by atoms with Gasteiger partial charge in [0.25, 0.3) is 0 Å². The topological polar surface area (TPSA) is 12.4 Å². The SMILES string of the molecule is CC#C/C(CC)=C(/C)N=CC. The summed E-state index contributed by atoms with van der Waals surface area (Å²) in [6, 6.07) is 0. The van der Waals surface area contributed by atoms with Gasteiger partial charge in [-0.25, -0.2) is 0 Å². The van der Waals surface area contributed by atoms with Crippen LogP contribution in [0.4, 0.5) is 0 Å². The first kappa shape index (κ1) is 9.97. The van der Waals surface area contributed by atoms with E-state index in [1.54, 1.807) is 6.21 Å². The molecule has 0 atom stereocenters. The molecule has 1 heteroatoms. The van der Waals surface area contributed by atoms with Gasteiger partial charge in [-0.15, -0.1) is 5.92 Å². The Morgan fingerprint density at radius 3 is 2.55 bits per heavy atom. The highest BCUT2D eigenvalue weighted by atomic mass is 14.7. The van der Waals surface area contributed by atoms with E-state index in [-0.39, 0.29) is 0 Å². The summed E-state index contributed by atoms with van der Waals surface area (Å²) < 4.78 is 0. The van der Waals surface area contributed by atoms with E-state index in [0.717, 1.165) is 17.7 Å². The van der Waals surface area contributed by atoms with Crippen molar-refractivity contribution in [2.45, 2.75) is 34.1 Å². The van der Waals surface area contributed by atoms with Crippen molar-refractivity contribution in [3.8, 4) is 11.8 Å². The second-order valence-corrected chi connectivity index (χ2v) is 2.18. The Balaban J connectivity index is 4.62. The summed E-state index contributed by atoms with van der Waals surface area (Å²) in [5, 5.41) is 0. The summed E-state index contributed by atoms with van der Waals surface area (Å²) in [4.78, 5) is 4.17. The quantitative estimate of drug-likeness (QED) is 0.423. The Morgan fingerprint density at radius 1 is 1.55 bits per heavy atom. The molecule has 0 aliphatic rings. The van der Waals surface area contributed by atoms with Crippen LogP contribution in [-0.4, -0.2) is 6.21 Å². The molecular formula is C10H15N. The molecule has 0 aromatic carbocycles. The first-order valence-electron chi connectivity index (χ1n) is 3.87. The maximum Gasteiger partial charge on any atom is 0.0483 e. The van der Waals surface area contributed by atoms with Gasteiger partial charge in [-0.1, -0.05) is 12.8 Å². The number of rotatable bonds is 2. The van der Waals surface area contributed by atoms with Crippen LogP contribution in [0.25, 0.3) is 0 Å². The van der Waals surface area contributed by atoms with Crippen molar-refractivity contribution in [2.75, 3.05) is 0 Å². The zero-order chi connectivity index (χ0) is 8.69. The fourth-order valence-corrected chi connectivity index (χ4v) is 0.857. The van der Waals surface area contributed by atoms with E-state index in [1.165, 1.54) is 0 Å². The monoisotopic (exact) mass is 149 g/mol. The molecule has 0 saturated heterocycles. The van der Waals surface area contributed by atoms with Crippen LogP contribution in [0.15, 0.2) is 16.3 Å². The van der Waals surface area contributed by atoms with Crippen LogP contribution in [0.3, 0.4) is 0 Å². The third-order valence-electron chi connectivity index (χ3n) is 1.39. The highest BCUT2D eigenvalue weighted by Gasteiger charge is 1.92. The minimum Gasteiger partial charge on any atom is -0.265 e. The summed E-state index contributed by atoms with van der Waals surface area (Å²) in [6.45, 7) is 7.84. The largest absolute Gasteiger partial charge is 0.265 e. The molecule has 0 N–H and O–H groups in total. The summed E-state index contributed by atoms with van der Waals surface area (Å²) in [5.41, 5.74) is 2.16. The number of nitrogens with zero attached hydrogens (tertiary/aromatic N) is 1. The number of hydrogen-bond donors (Lipinski definition) is 0. The molecule has 0 amide bonds. The highest BCUT2D eigenvalue weighted by molar-refractivity contribution is 5.56. The minimum absolute atomic E-state index is 0.962. The third kappa shape index (κ3) is 3.62. The first-order valence-corrected chi connectivity index (χ1v) is 3.87. The Morgan fingerprint density at radius 2 is 2.18 bits per heavy atom. The van der Waals surface area contributed by atoms with E-state index in [4.69, 9.17) is 0 Å². The molecule has 0 unspecified atom stereocenters. The molecule has 0 aromatic heterocycles. The summed E-state index contributed by atoms with van der Waals surface area (Å²) in [7, 11) is 0. The molecule has 0 saturated carbocycles. The van der Waals surface area contributed by atoms with Gasteiger partial charge < -0.3 is 0 Å². The molecule has 0 heterocycles. The Bertz CT molecular complexity index is 223. The van der Waals surface area contributed by atoms with Gasteiger partial charge in [0.2, 0.25) is 0 Å². The minimum atomic E-state index is 0.962. The van der Waals surface area contributed by atoms with Crippen molar-refractivity contribution in [3.63, 3.8) is 0 Å². The first-order chi connectivity index (χ1) is 5.26. The van der Waals surface area contributed by atoms with Crippen LogP contribution < -0.4 is 0 Å². The molecule has 0 aromatic rings. The summed E-state index contributed by atoms with van der Waals surface area (Å²) in [5.74, 6) is 5.91. The molecule has 0 radical (unpaired) electrons. The number of aliphatic imine (C=N–C) groups is 1. The van der Waals surface area contributed by atoms with Gasteiger partial charge >= 0.3 is 0 Å². The average molecular weight is 149 g/mol. The molecule has 11 heavy (non-hydrogen) atoms. The molecule has 0 fully saturated rings. The van der Waals surface area contributed by atoms with E-state index < -0.39 is 0 Å². The van der Waals surface area contributed by atoms with Gasteiger partial charge in [0.1, 0.15) is 0 Å². The summed E-state index contributed by atoms with van der Waals surface area (Å²) in [6.07, 6.45) is 2.76. The van der Waals surface area contributed by atoms with E-state index >= 15 is 0 Å². The van der Waals surface area contributed by atoms with Crippen LogP contribution in [0.1, 0.15) is 34.1 Å². The lowest BCUT2D eigenvalue weighted by Crippen LogP contribution is -1.81. The maximum absolute atomic E-state index is 4.17. The number of allylic oxidation sites excluding steroid dienone is 2. The lowest BCUT2D eigenvalue weighted by atomic mass is 10.2. The van der Waals surface area contributed by atoms with Gasteiger partial charge in [0.05, 0.1) is 0 Å². The molecule has 0 bridgehead atoms. The maximum atomic E-state index is 4.17. The van der Waals surface area contributed by atoms with Crippen molar-refractivity contribution < 1.29 is 0 Å². The second-order valence-electron chi connectivity index (χ2n) is 2.18. The normalized spacial score (nSPS) is 12.4. The fraction of sp³-hybridized carbons (Fsp3) is 0.500. The van der Waals surface area contributed by atoms with Gasteiger partial charge in [0.15, 0.2) is 0 Å². The van der Waals surface area contributed by atoms with Crippen LogP contribution in [0, 0.1) is 11.8 Å². The zero-order valence-electron chi connectivity index (χ0n) is 7.73. The van der Waals surface area contributed by atoms with E-state index in [0.29, 0.717) is 0 Å². The van der Waals surface area contributed by atoms with Crippen molar-refractivity contribution >= 4 is 6.21 Å². The van der Waals surface area contributed by atoms with Crippen LogP contribution in [-0.2, 0) is 0 Å². The Labute approximate surface area is 69.2 Å². The van der Waals surface area contributed by atoms with Crippen molar-refractivity contribution in [1.29, 1.82) is 0 Å².